The third-order valence-corrected chi connectivity index (χ3v) is 5.86. The molecule has 4 aromatic heterocycles. The molecule has 0 aliphatic heterocycles. The van der Waals surface area contributed by atoms with E-state index in [1.165, 1.54) is 4.52 Å². The summed E-state index contributed by atoms with van der Waals surface area (Å²) in [6.45, 7) is 2.11. The third kappa shape index (κ3) is 5.28. The summed E-state index contributed by atoms with van der Waals surface area (Å²) in [6.07, 6.45) is 7.68. The number of primary amides is 1. The monoisotopic (exact) mass is 515 g/mol. The van der Waals surface area contributed by atoms with E-state index in [1.807, 2.05) is 49.6 Å². The van der Waals surface area contributed by atoms with Gasteiger partial charge in [-0.15, -0.1) is 5.10 Å². The number of carbonyl (C=O) groups excluding carboxylic acids is 1. The van der Waals surface area contributed by atoms with Gasteiger partial charge in [0, 0.05) is 31.2 Å². The number of rotatable bonds is 3. The van der Waals surface area contributed by atoms with Crippen LogP contribution in [0.3, 0.4) is 0 Å². The molecular formula is C29H25N9O. The first-order chi connectivity index (χ1) is 18.9. The van der Waals surface area contributed by atoms with E-state index in [-0.39, 0.29) is 11.4 Å². The van der Waals surface area contributed by atoms with Crippen LogP contribution in [0.4, 0.5) is 5.82 Å². The van der Waals surface area contributed by atoms with Crippen LogP contribution in [0.2, 0.25) is 0 Å². The zero-order valence-corrected chi connectivity index (χ0v) is 21.4. The molecule has 10 nitrogen and oxygen atoms in total. The van der Waals surface area contributed by atoms with Crippen LogP contribution < -0.4 is 11.5 Å². The summed E-state index contributed by atoms with van der Waals surface area (Å²) in [5.74, 6) is 5.87. The lowest BCUT2D eigenvalue weighted by Gasteiger charge is -2.09. The predicted octanol–water partition coefficient (Wildman–Crippen LogP) is 3.40. The normalized spacial score (nSPS) is 10.5. The van der Waals surface area contributed by atoms with E-state index in [4.69, 9.17) is 21.4 Å². The van der Waals surface area contributed by atoms with Crippen molar-refractivity contribution in [2.75, 3.05) is 5.73 Å². The van der Waals surface area contributed by atoms with Gasteiger partial charge in [0.25, 0.3) is 5.91 Å². The molecule has 4 N–H and O–H groups in total. The zero-order chi connectivity index (χ0) is 27.4. The summed E-state index contributed by atoms with van der Waals surface area (Å²) in [5.41, 5.74) is 17.6. The van der Waals surface area contributed by atoms with Gasteiger partial charge in [-0.2, -0.15) is 5.10 Å². The number of para-hydroxylation sites is 1. The summed E-state index contributed by atoms with van der Waals surface area (Å²) in [5, 5.41) is 8.02. The fourth-order valence-corrected chi connectivity index (χ4v) is 4.05. The second-order valence-electron chi connectivity index (χ2n) is 8.58. The molecule has 6 aromatic rings. The first-order valence-corrected chi connectivity index (χ1v) is 12.2. The molecule has 0 bridgehead atoms. The van der Waals surface area contributed by atoms with Crippen molar-refractivity contribution in [3.8, 4) is 23.1 Å². The third-order valence-electron chi connectivity index (χ3n) is 5.86. The molecule has 10 heteroatoms. The molecular weight excluding hydrogens is 490 g/mol. The molecule has 0 aliphatic carbocycles. The topological polar surface area (TPSA) is 143 Å². The van der Waals surface area contributed by atoms with Crippen LogP contribution in [0.1, 0.15) is 34.1 Å². The molecule has 1 amide bonds. The summed E-state index contributed by atoms with van der Waals surface area (Å²) in [7, 11) is 1.88. The Labute approximate surface area is 224 Å². The van der Waals surface area contributed by atoms with E-state index >= 15 is 0 Å². The average Bonchev–Trinajstić information content (AvgIpc) is 3.53. The smallest absolute Gasteiger partial charge is 0.256 e. The summed E-state index contributed by atoms with van der Waals surface area (Å²) in [4.78, 5) is 24.7. The lowest BCUT2D eigenvalue weighted by Crippen LogP contribution is -2.12. The minimum Gasteiger partial charge on any atom is -0.381 e. The van der Waals surface area contributed by atoms with Crippen molar-refractivity contribution in [1.29, 1.82) is 0 Å². The Hall–Kier alpha value is -5.56. The molecule has 0 unspecified atom stereocenters. The lowest BCUT2D eigenvalue weighted by atomic mass is 10.1. The van der Waals surface area contributed by atoms with Crippen molar-refractivity contribution < 1.29 is 4.79 Å². The van der Waals surface area contributed by atoms with Crippen molar-refractivity contribution in [1.82, 2.24) is 34.3 Å². The first-order valence-electron chi connectivity index (χ1n) is 12.2. The molecule has 0 spiro atoms. The Bertz CT molecular complexity index is 1860. The number of benzene rings is 2. The SMILES string of the molecule is CCc1nc2cccc(C#Cc3cnn(C)c3)c2nc1-c1ccccc1.NC(=O)c1c(N)nn2cccnc12. The van der Waals surface area contributed by atoms with Crippen LogP contribution >= 0.6 is 0 Å². The van der Waals surface area contributed by atoms with Crippen molar-refractivity contribution in [2.24, 2.45) is 12.8 Å². The van der Waals surface area contributed by atoms with Crippen molar-refractivity contribution >= 4 is 28.4 Å². The number of aromatic nitrogens is 7. The summed E-state index contributed by atoms with van der Waals surface area (Å²) in [6, 6.07) is 17.8. The summed E-state index contributed by atoms with van der Waals surface area (Å²) < 4.78 is 3.16. The average molecular weight is 516 g/mol. The summed E-state index contributed by atoms with van der Waals surface area (Å²) >= 11 is 0. The molecule has 6 rings (SSSR count). The molecule has 0 saturated heterocycles. The Kier molecular flexibility index (Phi) is 6.96. The van der Waals surface area contributed by atoms with Crippen LogP contribution in [0.25, 0.3) is 27.9 Å². The molecule has 0 aliphatic rings. The van der Waals surface area contributed by atoms with Gasteiger partial charge in [-0.05, 0) is 24.6 Å². The van der Waals surface area contributed by atoms with Crippen LogP contribution in [0, 0.1) is 11.8 Å². The fourth-order valence-electron chi connectivity index (χ4n) is 4.05. The number of anilines is 1. The van der Waals surface area contributed by atoms with E-state index in [2.05, 4.69) is 46.1 Å². The van der Waals surface area contributed by atoms with E-state index in [9.17, 15) is 4.79 Å². The highest BCUT2D eigenvalue weighted by Gasteiger charge is 2.15. The number of hydrogen-bond acceptors (Lipinski definition) is 7. The van der Waals surface area contributed by atoms with Gasteiger partial charge in [0.15, 0.2) is 11.5 Å². The Balaban J connectivity index is 0.000000198. The highest BCUT2D eigenvalue weighted by atomic mass is 16.1. The number of nitrogens with two attached hydrogens (primary N) is 2. The van der Waals surface area contributed by atoms with Crippen molar-refractivity contribution in [3.05, 3.63) is 102 Å². The van der Waals surface area contributed by atoms with Gasteiger partial charge in [-0.3, -0.25) is 9.48 Å². The minimum absolute atomic E-state index is 0.103. The number of fused-ring (bicyclic) bond motifs is 2. The van der Waals surface area contributed by atoms with Crippen LogP contribution in [0.15, 0.2) is 79.4 Å². The van der Waals surface area contributed by atoms with Gasteiger partial charge >= 0.3 is 0 Å². The van der Waals surface area contributed by atoms with E-state index in [0.29, 0.717) is 5.65 Å². The molecule has 4 heterocycles. The Morgan fingerprint density at radius 1 is 1.03 bits per heavy atom. The number of nitrogens with zero attached hydrogens (tertiary/aromatic N) is 7. The van der Waals surface area contributed by atoms with Crippen LogP contribution in [-0.2, 0) is 13.5 Å². The molecule has 192 valence electrons. The highest BCUT2D eigenvalue weighted by molar-refractivity contribution is 6.03. The molecule has 0 saturated carbocycles. The second kappa shape index (κ2) is 10.8. The molecule has 0 fully saturated rings. The van der Waals surface area contributed by atoms with Gasteiger partial charge in [0.2, 0.25) is 0 Å². The number of hydrogen-bond donors (Lipinski definition) is 2. The van der Waals surface area contributed by atoms with Crippen molar-refractivity contribution in [3.63, 3.8) is 0 Å². The van der Waals surface area contributed by atoms with Crippen LogP contribution in [0.5, 0.6) is 0 Å². The van der Waals surface area contributed by atoms with Gasteiger partial charge in [-0.1, -0.05) is 55.2 Å². The van der Waals surface area contributed by atoms with Crippen molar-refractivity contribution in [2.45, 2.75) is 13.3 Å². The maximum atomic E-state index is 10.9. The van der Waals surface area contributed by atoms with Crippen LogP contribution in [-0.4, -0.2) is 40.3 Å². The Morgan fingerprint density at radius 2 is 1.85 bits per heavy atom. The Morgan fingerprint density at radius 3 is 2.56 bits per heavy atom. The molecule has 0 atom stereocenters. The maximum Gasteiger partial charge on any atom is 0.256 e. The maximum absolute atomic E-state index is 10.9. The molecule has 39 heavy (non-hydrogen) atoms. The standard InChI is InChI=1S/C22H18N4.C7H7N5O/c1-3-19-21(17-8-5-4-6-9-17)25-22-18(10-7-11-20(22)24-19)13-12-16-14-23-26(2)15-16;8-5-4(6(9)13)7-10-2-1-3-12(7)11-5/h4-11,14-15H,3H2,1-2H3;1-3H,(H2,8,11)(H2,9,13). The largest absolute Gasteiger partial charge is 0.381 e. The predicted molar refractivity (Wildman–Crippen MR) is 149 cm³/mol. The molecule has 2 aromatic carbocycles. The van der Waals surface area contributed by atoms with E-state index in [0.717, 1.165) is 45.5 Å². The first kappa shape index (κ1) is 25.1. The molecule has 0 radical (unpaired) electrons. The van der Waals surface area contributed by atoms with Gasteiger partial charge < -0.3 is 11.5 Å². The van der Waals surface area contributed by atoms with E-state index in [1.54, 1.807) is 29.3 Å². The highest BCUT2D eigenvalue weighted by Crippen LogP contribution is 2.25. The van der Waals surface area contributed by atoms with Gasteiger partial charge in [0.1, 0.15) is 11.1 Å². The number of nitrogen functional groups attached to an aromatic ring is 1. The number of amides is 1. The zero-order valence-electron chi connectivity index (χ0n) is 21.4. The lowest BCUT2D eigenvalue weighted by molar-refractivity contribution is 0.100. The minimum atomic E-state index is -0.619. The number of carbonyl (C=O) groups is 1. The number of aryl methyl sites for hydroxylation is 2. The van der Waals surface area contributed by atoms with E-state index < -0.39 is 5.91 Å². The second-order valence-corrected chi connectivity index (χ2v) is 8.58. The quantitative estimate of drug-likeness (QED) is 0.344. The van der Waals surface area contributed by atoms with Gasteiger partial charge in [-0.25, -0.2) is 19.5 Å². The van der Waals surface area contributed by atoms with Gasteiger partial charge in [0.05, 0.1) is 34.2 Å². The fraction of sp³-hybridized carbons (Fsp3) is 0.103.